The molecule has 0 saturated carbocycles. The molecular weight excluding hydrogens is 153 g/mol. The van der Waals surface area contributed by atoms with Crippen LogP contribution in [0.15, 0.2) is 0 Å². The van der Waals surface area contributed by atoms with E-state index in [-0.39, 0.29) is 18.2 Å². The Bertz CT molecular complexity index is 180. The van der Waals surface area contributed by atoms with Crippen LogP contribution < -0.4 is 5.32 Å². The van der Waals surface area contributed by atoms with Crippen LogP contribution in [0.5, 0.6) is 0 Å². The quantitative estimate of drug-likeness (QED) is 0.581. The zero-order valence-electron chi connectivity index (χ0n) is 7.76. The Kier molecular flexibility index (Phi) is 4.82. The van der Waals surface area contributed by atoms with Gasteiger partial charge >= 0.3 is 0 Å². The SMILES string of the molecule is [B]C(=O)C(C)NCC(=O)C(C)C. The standard InChI is InChI=1S/C8H14BNO2/c1-5(2)7(11)4-10-6(3)8(9)12/h5-6,10H,4H2,1-3H3. The van der Waals surface area contributed by atoms with Gasteiger partial charge in [-0.2, -0.15) is 0 Å². The fraction of sp³-hybridized carbons (Fsp3) is 0.750. The number of rotatable bonds is 5. The second-order valence-electron chi connectivity index (χ2n) is 3.13. The largest absolute Gasteiger partial charge is 0.311 e. The van der Waals surface area contributed by atoms with Gasteiger partial charge in [0.05, 0.1) is 18.3 Å². The fourth-order valence-electron chi connectivity index (χ4n) is 0.558. The summed E-state index contributed by atoms with van der Waals surface area (Å²) in [6.07, 6.45) is 0. The van der Waals surface area contributed by atoms with Crippen molar-refractivity contribution >= 4 is 19.3 Å². The summed E-state index contributed by atoms with van der Waals surface area (Å²) >= 11 is 0. The van der Waals surface area contributed by atoms with Gasteiger partial charge in [-0.05, 0) is 6.92 Å². The summed E-state index contributed by atoms with van der Waals surface area (Å²) in [5.41, 5.74) is -0.438. The molecule has 0 bridgehead atoms. The van der Waals surface area contributed by atoms with E-state index in [4.69, 9.17) is 7.85 Å². The van der Waals surface area contributed by atoms with Crippen LogP contribution in [0.2, 0.25) is 0 Å². The lowest BCUT2D eigenvalue weighted by Crippen LogP contribution is -2.38. The summed E-state index contributed by atoms with van der Waals surface area (Å²) in [5, 5.41) is 2.74. The monoisotopic (exact) mass is 167 g/mol. The summed E-state index contributed by atoms with van der Waals surface area (Å²) in [6, 6.07) is -0.437. The van der Waals surface area contributed by atoms with E-state index in [2.05, 4.69) is 5.32 Å². The van der Waals surface area contributed by atoms with Gasteiger partial charge in [0.2, 0.25) is 0 Å². The Morgan fingerprint density at radius 1 is 1.33 bits per heavy atom. The Morgan fingerprint density at radius 3 is 2.17 bits per heavy atom. The van der Waals surface area contributed by atoms with Crippen molar-refractivity contribution in [2.45, 2.75) is 26.8 Å². The van der Waals surface area contributed by atoms with Crippen molar-refractivity contribution in [2.75, 3.05) is 6.54 Å². The summed E-state index contributed by atoms with van der Waals surface area (Å²) in [4.78, 5) is 21.6. The summed E-state index contributed by atoms with van der Waals surface area (Å²) in [6.45, 7) is 5.48. The molecule has 1 atom stereocenters. The third kappa shape index (κ3) is 4.29. The summed E-state index contributed by atoms with van der Waals surface area (Å²) < 4.78 is 0. The van der Waals surface area contributed by atoms with Crippen molar-refractivity contribution in [3.8, 4) is 0 Å². The van der Waals surface area contributed by atoms with Crippen LogP contribution >= 0.6 is 0 Å². The number of ketones is 1. The number of carbonyl (C=O) groups excluding carboxylic acids is 2. The first-order chi connectivity index (χ1) is 5.45. The van der Waals surface area contributed by atoms with Crippen LogP contribution in [0.25, 0.3) is 0 Å². The van der Waals surface area contributed by atoms with Gasteiger partial charge in [0.15, 0.2) is 7.85 Å². The van der Waals surface area contributed by atoms with Crippen molar-refractivity contribution in [3.63, 3.8) is 0 Å². The first-order valence-corrected chi connectivity index (χ1v) is 4.00. The van der Waals surface area contributed by atoms with Crippen molar-refractivity contribution in [1.82, 2.24) is 5.32 Å². The zero-order chi connectivity index (χ0) is 9.72. The van der Waals surface area contributed by atoms with Crippen molar-refractivity contribution in [3.05, 3.63) is 0 Å². The molecule has 0 saturated heterocycles. The smallest absolute Gasteiger partial charge is 0.170 e. The maximum atomic E-state index is 11.1. The van der Waals surface area contributed by atoms with Crippen molar-refractivity contribution in [1.29, 1.82) is 0 Å². The number of carbonyl (C=O) groups is 2. The average Bonchev–Trinajstić information content (AvgIpc) is 1.98. The van der Waals surface area contributed by atoms with E-state index in [9.17, 15) is 9.59 Å². The molecule has 0 aliphatic carbocycles. The van der Waals surface area contributed by atoms with Crippen LogP contribution in [0, 0.1) is 5.92 Å². The molecule has 0 rings (SSSR count). The van der Waals surface area contributed by atoms with Crippen LogP contribution in [0.1, 0.15) is 20.8 Å². The van der Waals surface area contributed by atoms with E-state index in [1.165, 1.54) is 0 Å². The molecule has 0 aromatic carbocycles. The summed E-state index contributed by atoms with van der Waals surface area (Å²) in [7, 11) is 4.99. The summed E-state index contributed by atoms with van der Waals surface area (Å²) in [5.74, 6) is 0.0840. The van der Waals surface area contributed by atoms with Gasteiger partial charge in [-0.15, -0.1) is 0 Å². The molecule has 66 valence electrons. The minimum absolute atomic E-state index is 0.00224. The van der Waals surface area contributed by atoms with E-state index in [1.807, 2.05) is 13.8 Å². The first-order valence-electron chi connectivity index (χ1n) is 4.00. The van der Waals surface area contributed by atoms with E-state index < -0.39 is 11.7 Å². The molecule has 0 aromatic heterocycles. The van der Waals surface area contributed by atoms with Crippen LogP contribution in [0.3, 0.4) is 0 Å². The molecule has 1 unspecified atom stereocenters. The number of hydrogen-bond donors (Lipinski definition) is 1. The minimum Gasteiger partial charge on any atom is -0.311 e. The Labute approximate surface area is 74.3 Å². The highest BCUT2D eigenvalue weighted by molar-refractivity contribution is 6.59. The van der Waals surface area contributed by atoms with Crippen LogP contribution in [-0.2, 0) is 9.59 Å². The van der Waals surface area contributed by atoms with Crippen molar-refractivity contribution < 1.29 is 9.59 Å². The maximum Gasteiger partial charge on any atom is 0.170 e. The lowest BCUT2D eigenvalue weighted by Gasteiger charge is -2.10. The van der Waals surface area contributed by atoms with E-state index in [0.717, 1.165) is 0 Å². The highest BCUT2D eigenvalue weighted by atomic mass is 16.1. The molecule has 0 fully saturated rings. The molecule has 3 nitrogen and oxygen atoms in total. The third-order valence-corrected chi connectivity index (χ3v) is 1.65. The molecule has 0 aliphatic heterocycles. The highest BCUT2D eigenvalue weighted by Gasteiger charge is 2.10. The Hall–Kier alpha value is -0.635. The Balaban J connectivity index is 3.69. The first kappa shape index (κ1) is 11.4. The predicted octanol–water partition coefficient (Wildman–Crippen LogP) is -0.115. The van der Waals surface area contributed by atoms with E-state index >= 15 is 0 Å². The van der Waals surface area contributed by atoms with Gasteiger partial charge in [-0.3, -0.25) is 4.79 Å². The number of hydrogen-bond acceptors (Lipinski definition) is 3. The molecule has 0 spiro atoms. The molecule has 1 N–H and O–H groups in total. The molecular formula is C8H14BNO2. The lowest BCUT2D eigenvalue weighted by molar-refractivity contribution is -0.121. The van der Waals surface area contributed by atoms with Gasteiger partial charge in [0.1, 0.15) is 5.78 Å². The molecule has 0 aliphatic rings. The average molecular weight is 167 g/mol. The molecule has 12 heavy (non-hydrogen) atoms. The van der Waals surface area contributed by atoms with Gasteiger partial charge in [-0.25, -0.2) is 0 Å². The van der Waals surface area contributed by atoms with Crippen LogP contribution in [-0.4, -0.2) is 31.9 Å². The second kappa shape index (κ2) is 5.09. The van der Waals surface area contributed by atoms with Crippen LogP contribution in [0.4, 0.5) is 0 Å². The minimum atomic E-state index is -0.438. The Morgan fingerprint density at radius 2 is 1.83 bits per heavy atom. The zero-order valence-corrected chi connectivity index (χ0v) is 7.76. The van der Waals surface area contributed by atoms with Gasteiger partial charge in [0, 0.05) is 5.92 Å². The lowest BCUT2D eigenvalue weighted by atomic mass is 9.96. The van der Waals surface area contributed by atoms with E-state index in [0.29, 0.717) is 0 Å². The molecule has 0 heterocycles. The third-order valence-electron chi connectivity index (χ3n) is 1.65. The topological polar surface area (TPSA) is 46.2 Å². The van der Waals surface area contributed by atoms with Crippen molar-refractivity contribution in [2.24, 2.45) is 5.92 Å². The van der Waals surface area contributed by atoms with Gasteiger partial charge in [0.25, 0.3) is 0 Å². The highest BCUT2D eigenvalue weighted by Crippen LogP contribution is 1.92. The molecule has 0 aromatic rings. The van der Waals surface area contributed by atoms with E-state index in [1.54, 1.807) is 6.92 Å². The molecule has 4 heteroatoms. The van der Waals surface area contributed by atoms with Gasteiger partial charge < -0.3 is 10.1 Å². The number of Topliss-reactive ketones (excluding diaryl/α,β-unsaturated/α-hetero) is 1. The predicted molar refractivity (Wildman–Crippen MR) is 48.1 cm³/mol. The maximum absolute atomic E-state index is 11.1. The number of nitrogens with one attached hydrogen (secondary N) is 1. The molecule has 2 radical (unpaired) electrons. The molecule has 0 amide bonds. The van der Waals surface area contributed by atoms with Gasteiger partial charge in [-0.1, -0.05) is 13.8 Å². The fourth-order valence-corrected chi connectivity index (χ4v) is 0.558. The second-order valence-corrected chi connectivity index (χ2v) is 3.13. The normalized spacial score (nSPS) is 13.0.